The van der Waals surface area contributed by atoms with Crippen LogP contribution < -0.4 is 5.32 Å². The van der Waals surface area contributed by atoms with Crippen LogP contribution in [0.4, 0.5) is 0 Å². The molecule has 100 valence electrons. The summed E-state index contributed by atoms with van der Waals surface area (Å²) < 4.78 is 5.37. The molecule has 0 aromatic carbocycles. The first-order valence-corrected chi connectivity index (χ1v) is 6.40. The summed E-state index contributed by atoms with van der Waals surface area (Å²) in [6.07, 6.45) is 1.66. The Morgan fingerprint density at radius 2 is 2.28 bits per heavy atom. The van der Waals surface area contributed by atoms with E-state index >= 15 is 0 Å². The third-order valence-electron chi connectivity index (χ3n) is 3.47. The fourth-order valence-electron chi connectivity index (χ4n) is 2.11. The van der Waals surface area contributed by atoms with E-state index in [1.807, 2.05) is 35.9 Å². The van der Waals surface area contributed by atoms with Gasteiger partial charge in [0.25, 0.3) is 0 Å². The SMILES string of the molecule is CC(c1ccco1)N(C)CC(=O)N1CCNCC1. The van der Waals surface area contributed by atoms with Gasteiger partial charge in [0.1, 0.15) is 5.76 Å². The molecule has 0 radical (unpaired) electrons. The van der Waals surface area contributed by atoms with Crippen LogP contribution in [0.3, 0.4) is 0 Å². The van der Waals surface area contributed by atoms with Gasteiger partial charge in [-0.2, -0.15) is 0 Å². The number of hydrogen-bond acceptors (Lipinski definition) is 4. The van der Waals surface area contributed by atoms with Crippen molar-refractivity contribution in [2.24, 2.45) is 0 Å². The summed E-state index contributed by atoms with van der Waals surface area (Å²) in [5, 5.41) is 3.25. The molecule has 2 rings (SSSR count). The second-order valence-corrected chi connectivity index (χ2v) is 4.74. The molecular weight excluding hydrogens is 230 g/mol. The maximum atomic E-state index is 12.1. The molecule has 1 unspecified atom stereocenters. The maximum Gasteiger partial charge on any atom is 0.236 e. The largest absolute Gasteiger partial charge is 0.468 e. The highest BCUT2D eigenvalue weighted by Gasteiger charge is 2.21. The van der Waals surface area contributed by atoms with Gasteiger partial charge in [0.15, 0.2) is 0 Å². The maximum absolute atomic E-state index is 12.1. The van der Waals surface area contributed by atoms with E-state index in [2.05, 4.69) is 5.32 Å². The summed E-state index contributed by atoms with van der Waals surface area (Å²) in [5.41, 5.74) is 0. The van der Waals surface area contributed by atoms with Crippen molar-refractivity contribution in [3.63, 3.8) is 0 Å². The number of amides is 1. The second-order valence-electron chi connectivity index (χ2n) is 4.74. The van der Waals surface area contributed by atoms with Gasteiger partial charge < -0.3 is 14.6 Å². The van der Waals surface area contributed by atoms with Gasteiger partial charge in [0.05, 0.1) is 18.8 Å². The molecule has 1 aromatic heterocycles. The first-order chi connectivity index (χ1) is 8.68. The normalized spacial score (nSPS) is 18.1. The summed E-state index contributed by atoms with van der Waals surface area (Å²) in [5.74, 6) is 1.09. The number of likely N-dealkylation sites (N-methyl/N-ethyl adjacent to an activating group) is 1. The average molecular weight is 251 g/mol. The van der Waals surface area contributed by atoms with Gasteiger partial charge in [-0.05, 0) is 26.1 Å². The molecule has 1 saturated heterocycles. The number of hydrogen-bond donors (Lipinski definition) is 1. The van der Waals surface area contributed by atoms with E-state index in [1.54, 1.807) is 6.26 Å². The van der Waals surface area contributed by atoms with Crippen LogP contribution in [0.15, 0.2) is 22.8 Å². The van der Waals surface area contributed by atoms with E-state index in [4.69, 9.17) is 4.42 Å². The third-order valence-corrected chi connectivity index (χ3v) is 3.47. The fraction of sp³-hybridized carbons (Fsp3) is 0.615. The Bertz CT molecular complexity index is 372. The van der Waals surface area contributed by atoms with Gasteiger partial charge >= 0.3 is 0 Å². The highest BCUT2D eigenvalue weighted by atomic mass is 16.3. The topological polar surface area (TPSA) is 48.7 Å². The number of carbonyl (C=O) groups is 1. The van der Waals surface area contributed by atoms with Crippen molar-refractivity contribution in [1.82, 2.24) is 15.1 Å². The first kappa shape index (κ1) is 13.1. The molecule has 1 atom stereocenters. The lowest BCUT2D eigenvalue weighted by atomic mass is 10.2. The molecule has 0 bridgehead atoms. The first-order valence-electron chi connectivity index (χ1n) is 6.40. The van der Waals surface area contributed by atoms with Crippen LogP contribution in [0.25, 0.3) is 0 Å². The number of piperazine rings is 1. The van der Waals surface area contributed by atoms with Gasteiger partial charge in [-0.1, -0.05) is 0 Å². The Balaban J connectivity index is 1.86. The molecule has 1 aliphatic rings. The van der Waals surface area contributed by atoms with Crippen LogP contribution >= 0.6 is 0 Å². The van der Waals surface area contributed by atoms with E-state index in [9.17, 15) is 4.79 Å². The van der Waals surface area contributed by atoms with Crippen molar-refractivity contribution in [2.45, 2.75) is 13.0 Å². The van der Waals surface area contributed by atoms with Crippen LogP contribution in [0.2, 0.25) is 0 Å². The molecule has 0 aliphatic carbocycles. The third kappa shape index (κ3) is 3.11. The molecule has 1 N–H and O–H groups in total. The van der Waals surface area contributed by atoms with Crippen molar-refractivity contribution in [1.29, 1.82) is 0 Å². The van der Waals surface area contributed by atoms with Gasteiger partial charge in [-0.15, -0.1) is 0 Å². The van der Waals surface area contributed by atoms with E-state index in [1.165, 1.54) is 0 Å². The Morgan fingerprint density at radius 1 is 1.56 bits per heavy atom. The molecule has 1 aliphatic heterocycles. The van der Waals surface area contributed by atoms with E-state index in [0.717, 1.165) is 31.9 Å². The minimum Gasteiger partial charge on any atom is -0.468 e. The summed E-state index contributed by atoms with van der Waals surface area (Å²) in [6.45, 7) is 5.88. The van der Waals surface area contributed by atoms with E-state index in [0.29, 0.717) is 6.54 Å². The van der Waals surface area contributed by atoms with Crippen LogP contribution in [0.5, 0.6) is 0 Å². The van der Waals surface area contributed by atoms with Gasteiger partial charge in [-0.25, -0.2) is 0 Å². The van der Waals surface area contributed by atoms with Crippen LogP contribution in [0.1, 0.15) is 18.7 Å². The molecule has 1 amide bonds. The van der Waals surface area contributed by atoms with Gasteiger partial charge in [-0.3, -0.25) is 9.69 Å². The number of carbonyl (C=O) groups excluding carboxylic acids is 1. The smallest absolute Gasteiger partial charge is 0.236 e. The molecule has 18 heavy (non-hydrogen) atoms. The quantitative estimate of drug-likeness (QED) is 0.856. The van der Waals surface area contributed by atoms with Crippen LogP contribution in [-0.2, 0) is 4.79 Å². The highest BCUT2D eigenvalue weighted by molar-refractivity contribution is 5.78. The van der Waals surface area contributed by atoms with Crippen LogP contribution in [0, 0.1) is 0 Å². The zero-order chi connectivity index (χ0) is 13.0. The van der Waals surface area contributed by atoms with Crippen LogP contribution in [-0.4, -0.2) is 55.5 Å². The summed E-state index contributed by atoms with van der Waals surface area (Å²) in [6, 6.07) is 3.93. The van der Waals surface area contributed by atoms with Crippen molar-refractivity contribution in [2.75, 3.05) is 39.8 Å². The zero-order valence-corrected chi connectivity index (χ0v) is 11.1. The zero-order valence-electron chi connectivity index (χ0n) is 11.1. The summed E-state index contributed by atoms with van der Waals surface area (Å²) in [7, 11) is 1.95. The van der Waals surface area contributed by atoms with Crippen molar-refractivity contribution in [3.8, 4) is 0 Å². The predicted octanol–water partition coefficient (Wildman–Crippen LogP) is 0.704. The van der Waals surface area contributed by atoms with Gasteiger partial charge in [0, 0.05) is 26.2 Å². The summed E-state index contributed by atoms with van der Waals surface area (Å²) in [4.78, 5) is 16.0. The molecule has 2 heterocycles. The minimum atomic E-state index is 0.117. The molecule has 1 aromatic rings. The fourth-order valence-corrected chi connectivity index (χ4v) is 2.11. The van der Waals surface area contributed by atoms with Crippen molar-refractivity contribution >= 4 is 5.91 Å². The number of rotatable bonds is 4. The standard InChI is InChI=1S/C13H21N3O2/c1-11(12-4-3-9-18-12)15(2)10-13(17)16-7-5-14-6-8-16/h3-4,9,11,14H,5-8,10H2,1-2H3. The molecule has 5 nitrogen and oxygen atoms in total. The molecule has 0 spiro atoms. The Hall–Kier alpha value is -1.33. The Morgan fingerprint density at radius 3 is 2.89 bits per heavy atom. The number of nitrogens with one attached hydrogen (secondary N) is 1. The lowest BCUT2D eigenvalue weighted by Gasteiger charge is -2.30. The number of furan rings is 1. The average Bonchev–Trinajstić information content (AvgIpc) is 2.92. The molecule has 0 saturated carbocycles. The van der Waals surface area contributed by atoms with Gasteiger partial charge in [0.2, 0.25) is 5.91 Å². The van der Waals surface area contributed by atoms with Crippen molar-refractivity contribution in [3.05, 3.63) is 24.2 Å². The highest BCUT2D eigenvalue weighted by Crippen LogP contribution is 2.18. The Kier molecular flexibility index (Phi) is 4.38. The number of nitrogens with zero attached hydrogens (tertiary/aromatic N) is 2. The van der Waals surface area contributed by atoms with E-state index < -0.39 is 0 Å². The monoisotopic (exact) mass is 251 g/mol. The minimum absolute atomic E-state index is 0.117. The molecular formula is C13H21N3O2. The lowest BCUT2D eigenvalue weighted by Crippen LogP contribution is -2.49. The van der Waals surface area contributed by atoms with E-state index in [-0.39, 0.29) is 11.9 Å². The molecule has 1 fully saturated rings. The van der Waals surface area contributed by atoms with Crippen molar-refractivity contribution < 1.29 is 9.21 Å². The Labute approximate surface area is 108 Å². The predicted molar refractivity (Wildman–Crippen MR) is 69.2 cm³/mol. The second kappa shape index (κ2) is 6.02. The molecule has 5 heteroatoms. The lowest BCUT2D eigenvalue weighted by molar-refractivity contribution is -0.133. The summed E-state index contributed by atoms with van der Waals surface area (Å²) >= 11 is 0.